The SMILES string of the molecule is O=c1c(-c2ccccc2O)c[nH]c2c(-c3ccc(Cl)cc3)c(CN3CCOCC3)nn12. The van der Waals surface area contributed by atoms with Crippen LogP contribution in [0.5, 0.6) is 5.75 Å². The summed E-state index contributed by atoms with van der Waals surface area (Å²) in [6.45, 7) is 3.58. The zero-order valence-corrected chi connectivity index (χ0v) is 17.5. The number of nitrogens with one attached hydrogen (secondary N) is 1. The Morgan fingerprint density at radius 2 is 1.81 bits per heavy atom. The molecule has 1 aliphatic heterocycles. The molecule has 0 bridgehead atoms. The van der Waals surface area contributed by atoms with E-state index in [0.717, 1.165) is 29.9 Å². The second-order valence-corrected chi connectivity index (χ2v) is 7.94. The molecule has 1 fully saturated rings. The van der Waals surface area contributed by atoms with Crippen molar-refractivity contribution in [3.63, 3.8) is 0 Å². The lowest BCUT2D eigenvalue weighted by Gasteiger charge is -2.26. The van der Waals surface area contributed by atoms with E-state index in [4.69, 9.17) is 21.4 Å². The van der Waals surface area contributed by atoms with Gasteiger partial charge >= 0.3 is 0 Å². The van der Waals surface area contributed by atoms with E-state index in [1.54, 1.807) is 30.5 Å². The number of para-hydroxylation sites is 1. The van der Waals surface area contributed by atoms with Gasteiger partial charge in [-0.25, -0.2) is 0 Å². The first kappa shape index (κ1) is 19.8. The Balaban J connectivity index is 1.69. The van der Waals surface area contributed by atoms with Gasteiger partial charge in [0.2, 0.25) is 0 Å². The van der Waals surface area contributed by atoms with Crippen LogP contribution in [0.4, 0.5) is 0 Å². The molecule has 0 aliphatic carbocycles. The summed E-state index contributed by atoms with van der Waals surface area (Å²) in [6, 6.07) is 14.3. The molecule has 2 aromatic carbocycles. The van der Waals surface area contributed by atoms with E-state index in [-0.39, 0.29) is 11.3 Å². The normalized spacial score (nSPS) is 14.9. The second-order valence-electron chi connectivity index (χ2n) is 7.50. The maximum absolute atomic E-state index is 13.3. The average Bonchev–Trinajstić information content (AvgIpc) is 3.15. The Morgan fingerprint density at radius 1 is 1.06 bits per heavy atom. The van der Waals surface area contributed by atoms with Crippen molar-refractivity contribution in [2.45, 2.75) is 6.54 Å². The van der Waals surface area contributed by atoms with Gasteiger partial charge in [0.15, 0.2) is 0 Å². The van der Waals surface area contributed by atoms with Crippen LogP contribution in [0.1, 0.15) is 5.69 Å². The lowest BCUT2D eigenvalue weighted by molar-refractivity contribution is 0.0337. The third kappa shape index (κ3) is 3.72. The number of halogens is 1. The fraction of sp³-hybridized carbons (Fsp3) is 0.217. The number of nitrogens with zero attached hydrogens (tertiary/aromatic N) is 3. The predicted octanol–water partition coefficient (Wildman–Crippen LogP) is 3.55. The zero-order chi connectivity index (χ0) is 21.4. The predicted molar refractivity (Wildman–Crippen MR) is 119 cm³/mol. The maximum atomic E-state index is 13.3. The number of aromatic nitrogens is 3. The van der Waals surface area contributed by atoms with Crippen molar-refractivity contribution in [1.29, 1.82) is 0 Å². The summed E-state index contributed by atoms with van der Waals surface area (Å²) in [5.74, 6) is 0.0472. The summed E-state index contributed by atoms with van der Waals surface area (Å²) < 4.78 is 6.85. The smallest absolute Gasteiger partial charge is 0.282 e. The van der Waals surface area contributed by atoms with Gasteiger partial charge in [-0.3, -0.25) is 9.69 Å². The van der Waals surface area contributed by atoms with Crippen LogP contribution >= 0.6 is 11.6 Å². The maximum Gasteiger partial charge on any atom is 0.282 e. The van der Waals surface area contributed by atoms with E-state index in [1.807, 2.05) is 24.3 Å². The van der Waals surface area contributed by atoms with Crippen LogP contribution in [0.25, 0.3) is 27.9 Å². The van der Waals surface area contributed by atoms with Gasteiger partial charge in [-0.2, -0.15) is 9.61 Å². The lowest BCUT2D eigenvalue weighted by atomic mass is 10.0. The number of ether oxygens (including phenoxy) is 1. The molecule has 31 heavy (non-hydrogen) atoms. The molecule has 3 heterocycles. The molecule has 0 unspecified atom stereocenters. The van der Waals surface area contributed by atoms with Crippen molar-refractivity contribution >= 4 is 17.2 Å². The van der Waals surface area contributed by atoms with Crippen molar-refractivity contribution in [2.24, 2.45) is 0 Å². The number of phenolic OH excluding ortho intramolecular Hbond substituents is 1. The third-order valence-electron chi connectivity index (χ3n) is 5.54. The molecule has 1 saturated heterocycles. The largest absolute Gasteiger partial charge is 0.507 e. The van der Waals surface area contributed by atoms with Gasteiger partial charge in [0.1, 0.15) is 11.4 Å². The monoisotopic (exact) mass is 436 g/mol. The topological polar surface area (TPSA) is 82.9 Å². The Bertz CT molecular complexity index is 1290. The van der Waals surface area contributed by atoms with Gasteiger partial charge < -0.3 is 14.8 Å². The summed E-state index contributed by atoms with van der Waals surface area (Å²) in [6.07, 6.45) is 1.63. The molecule has 158 valence electrons. The minimum atomic E-state index is -0.293. The number of benzene rings is 2. The van der Waals surface area contributed by atoms with Crippen LogP contribution in [-0.4, -0.2) is 50.9 Å². The van der Waals surface area contributed by atoms with E-state index in [2.05, 4.69) is 9.88 Å². The molecule has 0 spiro atoms. The van der Waals surface area contributed by atoms with Gasteiger partial charge in [0.05, 0.1) is 24.5 Å². The van der Waals surface area contributed by atoms with Crippen LogP contribution in [-0.2, 0) is 11.3 Å². The molecule has 2 N–H and O–H groups in total. The zero-order valence-electron chi connectivity index (χ0n) is 16.7. The van der Waals surface area contributed by atoms with Gasteiger partial charge in [-0.15, -0.1) is 0 Å². The summed E-state index contributed by atoms with van der Waals surface area (Å²) in [5, 5.41) is 15.6. The first-order valence-electron chi connectivity index (χ1n) is 10.1. The first-order valence-corrected chi connectivity index (χ1v) is 10.5. The van der Waals surface area contributed by atoms with Gasteiger partial charge in [-0.1, -0.05) is 41.9 Å². The molecule has 0 saturated carbocycles. The van der Waals surface area contributed by atoms with Crippen molar-refractivity contribution in [3.05, 3.63) is 75.8 Å². The van der Waals surface area contributed by atoms with Gasteiger partial charge in [0, 0.05) is 42.0 Å². The highest BCUT2D eigenvalue weighted by Gasteiger charge is 2.22. The van der Waals surface area contributed by atoms with E-state index in [1.165, 1.54) is 4.52 Å². The summed E-state index contributed by atoms with van der Waals surface area (Å²) in [4.78, 5) is 18.8. The number of hydrogen-bond donors (Lipinski definition) is 2. The molecule has 4 aromatic rings. The van der Waals surface area contributed by atoms with Crippen LogP contribution in [0.3, 0.4) is 0 Å². The number of fused-ring (bicyclic) bond motifs is 1. The third-order valence-corrected chi connectivity index (χ3v) is 5.79. The van der Waals surface area contributed by atoms with E-state index < -0.39 is 0 Å². The van der Waals surface area contributed by atoms with Crippen molar-refractivity contribution in [2.75, 3.05) is 26.3 Å². The van der Waals surface area contributed by atoms with Crippen LogP contribution in [0, 0.1) is 0 Å². The van der Waals surface area contributed by atoms with Crippen LogP contribution < -0.4 is 5.56 Å². The Kier molecular flexibility index (Phi) is 5.23. The lowest BCUT2D eigenvalue weighted by Crippen LogP contribution is -2.35. The highest BCUT2D eigenvalue weighted by molar-refractivity contribution is 6.30. The number of aromatic hydroxyl groups is 1. The van der Waals surface area contributed by atoms with Gasteiger partial charge in [-0.05, 0) is 23.8 Å². The molecular weight excluding hydrogens is 416 g/mol. The Morgan fingerprint density at radius 3 is 2.55 bits per heavy atom. The summed E-state index contributed by atoms with van der Waals surface area (Å²) in [7, 11) is 0. The number of H-pyrrole nitrogens is 1. The number of rotatable bonds is 4. The molecular formula is C23H21ClN4O3. The van der Waals surface area contributed by atoms with E-state index in [9.17, 15) is 9.90 Å². The van der Waals surface area contributed by atoms with Gasteiger partial charge in [0.25, 0.3) is 5.56 Å². The van der Waals surface area contributed by atoms with Crippen molar-refractivity contribution in [1.82, 2.24) is 19.5 Å². The number of aromatic amines is 1. The minimum Gasteiger partial charge on any atom is -0.507 e. The molecule has 0 amide bonds. The van der Waals surface area contributed by atoms with E-state index >= 15 is 0 Å². The van der Waals surface area contributed by atoms with Crippen molar-refractivity contribution < 1.29 is 9.84 Å². The van der Waals surface area contributed by atoms with Crippen LogP contribution in [0.2, 0.25) is 5.02 Å². The quantitative estimate of drug-likeness (QED) is 0.511. The molecule has 0 radical (unpaired) electrons. The highest BCUT2D eigenvalue weighted by Crippen LogP contribution is 2.31. The Labute approximate surface area is 183 Å². The second kappa shape index (κ2) is 8.19. The van der Waals surface area contributed by atoms with E-state index in [0.29, 0.717) is 41.6 Å². The van der Waals surface area contributed by atoms with Crippen molar-refractivity contribution in [3.8, 4) is 28.0 Å². The molecule has 2 aromatic heterocycles. The summed E-state index contributed by atoms with van der Waals surface area (Å²) >= 11 is 6.09. The summed E-state index contributed by atoms with van der Waals surface area (Å²) in [5.41, 5.74) is 3.72. The average molecular weight is 437 g/mol. The molecule has 0 atom stereocenters. The fourth-order valence-electron chi connectivity index (χ4n) is 3.96. The minimum absolute atomic E-state index is 0.0472. The highest BCUT2D eigenvalue weighted by atomic mass is 35.5. The standard InChI is InChI=1S/C23H21ClN4O3/c24-16-7-5-15(6-8-16)21-19(14-27-9-11-31-12-10-27)26-28-22(21)25-13-18(23(28)30)17-3-1-2-4-20(17)29/h1-8,13,25,29H,9-12,14H2. The fourth-order valence-corrected chi connectivity index (χ4v) is 4.08. The number of hydrogen-bond acceptors (Lipinski definition) is 5. The molecule has 5 rings (SSSR count). The van der Waals surface area contributed by atoms with Crippen LogP contribution in [0.15, 0.2) is 59.5 Å². The number of phenols is 1. The molecule has 7 nitrogen and oxygen atoms in total. The molecule has 8 heteroatoms. The number of morpholine rings is 1. The molecule has 1 aliphatic rings. The Hall–Kier alpha value is -3.13. The first-order chi connectivity index (χ1) is 15.1.